The van der Waals surface area contributed by atoms with Gasteiger partial charge in [0, 0.05) is 28.4 Å². The smallest absolute Gasteiger partial charge is 0.202 e. The fraction of sp³-hybridized carbons (Fsp3) is 0. The maximum atomic E-state index is 13.3. The van der Waals surface area contributed by atoms with E-state index in [9.17, 15) is 9.18 Å². The van der Waals surface area contributed by atoms with E-state index in [0.717, 1.165) is 21.6 Å². The third kappa shape index (κ3) is 3.19. The fourth-order valence-electron chi connectivity index (χ4n) is 2.80. The number of pyridine rings is 1. The minimum atomic E-state index is -0.281. The standard InChI is InChI=1S/C22H14FNOS/c23-18-8-6-17(7-9-18)22-19(15-10-12-24-13-11-15)14-20(26-22)21(25)16-4-2-1-3-5-16/h1-14H. The van der Waals surface area contributed by atoms with Crippen molar-refractivity contribution in [2.24, 2.45) is 0 Å². The normalized spacial score (nSPS) is 10.7. The lowest BCUT2D eigenvalue weighted by Gasteiger charge is -2.04. The molecule has 0 N–H and O–H groups in total. The first-order valence-electron chi connectivity index (χ1n) is 8.12. The van der Waals surface area contributed by atoms with Crippen molar-refractivity contribution in [1.82, 2.24) is 4.98 Å². The van der Waals surface area contributed by atoms with E-state index in [2.05, 4.69) is 4.98 Å². The molecule has 0 radical (unpaired) electrons. The van der Waals surface area contributed by atoms with Crippen molar-refractivity contribution in [1.29, 1.82) is 0 Å². The molecular formula is C22H14FNOS. The molecule has 0 amide bonds. The van der Waals surface area contributed by atoms with Crippen molar-refractivity contribution < 1.29 is 9.18 Å². The van der Waals surface area contributed by atoms with Gasteiger partial charge in [0.25, 0.3) is 0 Å². The summed E-state index contributed by atoms with van der Waals surface area (Å²) < 4.78 is 13.3. The number of carbonyl (C=O) groups excluding carboxylic acids is 1. The molecule has 0 bridgehead atoms. The first-order chi connectivity index (χ1) is 12.7. The summed E-state index contributed by atoms with van der Waals surface area (Å²) in [5.74, 6) is -0.296. The Labute approximate surface area is 154 Å². The molecule has 0 atom stereocenters. The third-order valence-corrected chi connectivity index (χ3v) is 5.27. The van der Waals surface area contributed by atoms with Crippen LogP contribution in [-0.2, 0) is 0 Å². The van der Waals surface area contributed by atoms with Gasteiger partial charge in [-0.15, -0.1) is 11.3 Å². The number of carbonyl (C=O) groups is 1. The van der Waals surface area contributed by atoms with Gasteiger partial charge in [0.1, 0.15) is 5.82 Å². The maximum absolute atomic E-state index is 13.3. The van der Waals surface area contributed by atoms with Crippen molar-refractivity contribution in [2.75, 3.05) is 0 Å². The van der Waals surface area contributed by atoms with E-state index in [-0.39, 0.29) is 11.6 Å². The van der Waals surface area contributed by atoms with Crippen LogP contribution in [0.5, 0.6) is 0 Å². The molecule has 0 spiro atoms. The Balaban J connectivity index is 1.85. The van der Waals surface area contributed by atoms with Gasteiger partial charge in [-0.25, -0.2) is 4.39 Å². The molecule has 4 heteroatoms. The molecule has 0 fully saturated rings. The Morgan fingerprint density at radius 3 is 2.23 bits per heavy atom. The molecule has 0 unspecified atom stereocenters. The Morgan fingerprint density at radius 1 is 0.846 bits per heavy atom. The minimum Gasteiger partial charge on any atom is -0.288 e. The molecule has 2 heterocycles. The summed E-state index contributed by atoms with van der Waals surface area (Å²) >= 11 is 1.42. The molecule has 0 aliphatic rings. The van der Waals surface area contributed by atoms with Crippen LogP contribution in [0.4, 0.5) is 4.39 Å². The van der Waals surface area contributed by atoms with Gasteiger partial charge in [0.05, 0.1) is 4.88 Å². The van der Waals surface area contributed by atoms with E-state index < -0.39 is 0 Å². The third-order valence-electron chi connectivity index (χ3n) is 4.09. The summed E-state index contributed by atoms with van der Waals surface area (Å²) in [5, 5.41) is 0. The minimum absolute atomic E-state index is 0.0146. The molecule has 4 aromatic rings. The van der Waals surface area contributed by atoms with Crippen molar-refractivity contribution in [3.63, 3.8) is 0 Å². The Kier molecular flexibility index (Phi) is 4.42. The van der Waals surface area contributed by atoms with Crippen LogP contribution in [0.2, 0.25) is 0 Å². The number of nitrogens with zero attached hydrogens (tertiary/aromatic N) is 1. The zero-order valence-corrected chi connectivity index (χ0v) is 14.5. The number of halogens is 1. The van der Waals surface area contributed by atoms with Gasteiger partial charge in [-0.05, 0) is 41.5 Å². The number of hydrogen-bond donors (Lipinski definition) is 0. The van der Waals surface area contributed by atoms with Crippen LogP contribution in [-0.4, -0.2) is 10.8 Å². The van der Waals surface area contributed by atoms with E-state index >= 15 is 0 Å². The fourth-order valence-corrected chi connectivity index (χ4v) is 3.94. The van der Waals surface area contributed by atoms with Crippen molar-refractivity contribution >= 4 is 17.1 Å². The first-order valence-corrected chi connectivity index (χ1v) is 8.94. The molecule has 2 aromatic carbocycles. The molecule has 0 aliphatic heterocycles. The van der Waals surface area contributed by atoms with Crippen molar-refractivity contribution in [3.8, 4) is 21.6 Å². The number of ketones is 1. The summed E-state index contributed by atoms with van der Waals surface area (Å²) in [6.45, 7) is 0. The van der Waals surface area contributed by atoms with Crippen molar-refractivity contribution in [3.05, 3.63) is 101 Å². The average molecular weight is 359 g/mol. The summed E-state index contributed by atoms with van der Waals surface area (Å²) in [7, 11) is 0. The number of benzene rings is 2. The molecule has 2 aromatic heterocycles. The Hall–Kier alpha value is -3.11. The SMILES string of the molecule is O=C(c1ccccc1)c1cc(-c2ccncc2)c(-c2ccc(F)cc2)s1. The topological polar surface area (TPSA) is 30.0 Å². The second kappa shape index (κ2) is 7.02. The highest BCUT2D eigenvalue weighted by Crippen LogP contribution is 2.40. The lowest BCUT2D eigenvalue weighted by Crippen LogP contribution is -1.97. The van der Waals surface area contributed by atoms with E-state index in [1.807, 2.05) is 48.5 Å². The zero-order chi connectivity index (χ0) is 17.9. The Bertz CT molecular complexity index is 1040. The van der Waals surface area contributed by atoms with Crippen LogP contribution >= 0.6 is 11.3 Å². The van der Waals surface area contributed by atoms with E-state index in [1.54, 1.807) is 24.5 Å². The zero-order valence-electron chi connectivity index (χ0n) is 13.7. The van der Waals surface area contributed by atoms with Crippen LogP contribution < -0.4 is 0 Å². The lowest BCUT2D eigenvalue weighted by atomic mass is 10.0. The molecule has 0 saturated carbocycles. The van der Waals surface area contributed by atoms with E-state index in [4.69, 9.17) is 0 Å². The molecule has 0 aliphatic carbocycles. The maximum Gasteiger partial charge on any atom is 0.202 e. The Morgan fingerprint density at radius 2 is 1.54 bits per heavy atom. The molecular weight excluding hydrogens is 345 g/mol. The van der Waals surface area contributed by atoms with E-state index in [1.165, 1.54) is 23.5 Å². The van der Waals surface area contributed by atoms with Gasteiger partial charge in [0.15, 0.2) is 0 Å². The van der Waals surface area contributed by atoms with Crippen LogP contribution in [0.3, 0.4) is 0 Å². The number of hydrogen-bond acceptors (Lipinski definition) is 3. The molecule has 0 saturated heterocycles. The predicted octanol–water partition coefficient (Wildman–Crippen LogP) is 5.85. The van der Waals surface area contributed by atoms with Crippen LogP contribution in [0.1, 0.15) is 15.2 Å². The van der Waals surface area contributed by atoms with Gasteiger partial charge in [-0.1, -0.05) is 42.5 Å². The quantitative estimate of drug-likeness (QED) is 0.428. The van der Waals surface area contributed by atoms with Crippen LogP contribution in [0.15, 0.2) is 85.2 Å². The number of rotatable bonds is 4. The highest BCUT2D eigenvalue weighted by Gasteiger charge is 2.18. The summed E-state index contributed by atoms with van der Waals surface area (Å²) in [5.41, 5.74) is 3.46. The molecule has 26 heavy (non-hydrogen) atoms. The molecule has 126 valence electrons. The summed E-state index contributed by atoms with van der Waals surface area (Å²) in [6.07, 6.45) is 3.44. The van der Waals surface area contributed by atoms with Gasteiger partial charge in [-0.2, -0.15) is 0 Å². The van der Waals surface area contributed by atoms with Gasteiger partial charge < -0.3 is 0 Å². The number of aromatic nitrogens is 1. The van der Waals surface area contributed by atoms with E-state index in [0.29, 0.717) is 10.4 Å². The number of thiophene rings is 1. The van der Waals surface area contributed by atoms with Crippen LogP contribution in [0, 0.1) is 5.82 Å². The summed E-state index contributed by atoms with van der Waals surface area (Å²) in [4.78, 5) is 18.5. The van der Waals surface area contributed by atoms with Gasteiger partial charge in [0.2, 0.25) is 5.78 Å². The highest BCUT2D eigenvalue weighted by atomic mass is 32.1. The van der Waals surface area contributed by atoms with Gasteiger partial charge in [-0.3, -0.25) is 9.78 Å². The lowest BCUT2D eigenvalue weighted by molar-refractivity contribution is 0.104. The summed E-state index contributed by atoms with van der Waals surface area (Å²) in [6, 6.07) is 21.3. The second-order valence-electron chi connectivity index (χ2n) is 5.79. The largest absolute Gasteiger partial charge is 0.288 e. The highest BCUT2D eigenvalue weighted by molar-refractivity contribution is 7.18. The average Bonchev–Trinajstić information content (AvgIpc) is 3.15. The molecule has 2 nitrogen and oxygen atoms in total. The second-order valence-corrected chi connectivity index (χ2v) is 6.84. The van der Waals surface area contributed by atoms with Gasteiger partial charge >= 0.3 is 0 Å². The molecule has 4 rings (SSSR count). The van der Waals surface area contributed by atoms with Crippen molar-refractivity contribution in [2.45, 2.75) is 0 Å². The predicted molar refractivity (Wildman–Crippen MR) is 103 cm³/mol. The van der Waals surface area contributed by atoms with Crippen LogP contribution in [0.25, 0.3) is 21.6 Å². The first kappa shape index (κ1) is 16.4. The monoisotopic (exact) mass is 359 g/mol.